The lowest BCUT2D eigenvalue weighted by atomic mass is 10.2. The van der Waals surface area contributed by atoms with Gasteiger partial charge in [-0.1, -0.05) is 42.5 Å². The highest BCUT2D eigenvalue weighted by molar-refractivity contribution is 5.38. The van der Waals surface area contributed by atoms with Crippen LogP contribution in [-0.2, 0) is 0 Å². The summed E-state index contributed by atoms with van der Waals surface area (Å²) in [5.74, 6) is 0. The molecule has 0 saturated carbocycles. The standard InChI is InChI=1S/C9H10/c1-8-4-3-5-9(2)7-6-8/h3-7H,1H2,2H3. The summed E-state index contributed by atoms with van der Waals surface area (Å²) in [6.07, 6.45) is 10.1. The number of rotatable bonds is 0. The van der Waals surface area contributed by atoms with Crippen molar-refractivity contribution in [2.45, 2.75) is 6.92 Å². The molecule has 0 heterocycles. The number of allylic oxidation sites excluding steroid dienone is 7. The van der Waals surface area contributed by atoms with Gasteiger partial charge in [0.25, 0.3) is 0 Å². The lowest BCUT2D eigenvalue weighted by molar-refractivity contribution is 1.53. The molecule has 0 fully saturated rings. The van der Waals surface area contributed by atoms with Crippen LogP contribution in [0.15, 0.2) is 48.1 Å². The van der Waals surface area contributed by atoms with E-state index in [-0.39, 0.29) is 0 Å². The monoisotopic (exact) mass is 118 g/mol. The van der Waals surface area contributed by atoms with Crippen LogP contribution >= 0.6 is 0 Å². The molecule has 0 saturated heterocycles. The summed E-state index contributed by atoms with van der Waals surface area (Å²) in [6, 6.07) is 0. The molecular formula is C9H10. The third-order valence-corrected chi connectivity index (χ3v) is 1.23. The van der Waals surface area contributed by atoms with Gasteiger partial charge in [-0.25, -0.2) is 0 Å². The van der Waals surface area contributed by atoms with Crippen LogP contribution in [0.2, 0.25) is 0 Å². The first-order valence-corrected chi connectivity index (χ1v) is 3.01. The highest BCUT2D eigenvalue weighted by Gasteiger charge is 1.84. The molecule has 0 unspecified atom stereocenters. The van der Waals surface area contributed by atoms with Gasteiger partial charge in [0.1, 0.15) is 0 Å². The third-order valence-electron chi connectivity index (χ3n) is 1.23. The minimum Gasteiger partial charge on any atom is -0.0918 e. The number of hydrogen-bond donors (Lipinski definition) is 0. The molecule has 0 amide bonds. The Bertz CT molecular complexity index is 202. The quantitative estimate of drug-likeness (QED) is 0.458. The Labute approximate surface area is 55.9 Å². The summed E-state index contributed by atoms with van der Waals surface area (Å²) >= 11 is 0. The van der Waals surface area contributed by atoms with E-state index in [0.717, 1.165) is 5.57 Å². The van der Waals surface area contributed by atoms with E-state index < -0.39 is 0 Å². The van der Waals surface area contributed by atoms with E-state index in [1.807, 2.05) is 18.2 Å². The Hall–Kier alpha value is -1.04. The molecule has 0 spiro atoms. The van der Waals surface area contributed by atoms with E-state index in [0.29, 0.717) is 0 Å². The Balaban J connectivity index is 2.88. The molecule has 0 aromatic rings. The molecule has 0 N–H and O–H groups in total. The second-order valence-electron chi connectivity index (χ2n) is 2.18. The fourth-order valence-corrected chi connectivity index (χ4v) is 0.673. The lowest BCUT2D eigenvalue weighted by Crippen LogP contribution is -1.62. The van der Waals surface area contributed by atoms with Crippen LogP contribution < -0.4 is 0 Å². The van der Waals surface area contributed by atoms with Gasteiger partial charge in [0, 0.05) is 0 Å². The fraction of sp³-hybridized carbons (Fsp3) is 0.111. The molecule has 0 heteroatoms. The molecule has 9 heavy (non-hydrogen) atoms. The highest BCUT2D eigenvalue weighted by Crippen LogP contribution is 2.05. The van der Waals surface area contributed by atoms with E-state index in [9.17, 15) is 0 Å². The maximum Gasteiger partial charge on any atom is -0.0329 e. The van der Waals surface area contributed by atoms with Crippen molar-refractivity contribution >= 4 is 0 Å². The number of hydrogen-bond acceptors (Lipinski definition) is 0. The van der Waals surface area contributed by atoms with Crippen LogP contribution in [0.3, 0.4) is 0 Å². The van der Waals surface area contributed by atoms with Gasteiger partial charge in [0.15, 0.2) is 0 Å². The molecule has 0 bridgehead atoms. The Morgan fingerprint density at radius 2 is 2.00 bits per heavy atom. The van der Waals surface area contributed by atoms with Crippen LogP contribution in [0, 0.1) is 0 Å². The van der Waals surface area contributed by atoms with Gasteiger partial charge in [-0.05, 0) is 12.5 Å². The summed E-state index contributed by atoms with van der Waals surface area (Å²) in [4.78, 5) is 0. The molecule has 0 radical (unpaired) electrons. The van der Waals surface area contributed by atoms with Crippen LogP contribution in [0.4, 0.5) is 0 Å². The topological polar surface area (TPSA) is 0 Å². The van der Waals surface area contributed by atoms with Crippen LogP contribution in [0.1, 0.15) is 6.92 Å². The lowest BCUT2D eigenvalue weighted by Gasteiger charge is -1.83. The summed E-state index contributed by atoms with van der Waals surface area (Å²) in [5.41, 5.74) is 2.33. The van der Waals surface area contributed by atoms with Gasteiger partial charge < -0.3 is 0 Å². The average Bonchev–Trinajstić information content (AvgIpc) is 1.97. The van der Waals surface area contributed by atoms with E-state index in [2.05, 4.69) is 25.7 Å². The first-order valence-electron chi connectivity index (χ1n) is 3.01. The fourth-order valence-electron chi connectivity index (χ4n) is 0.673. The normalized spacial score (nSPS) is 17.4. The minimum absolute atomic E-state index is 1.06. The smallest absolute Gasteiger partial charge is 0.0329 e. The first-order chi connectivity index (χ1) is 4.29. The second kappa shape index (κ2) is 2.49. The summed E-state index contributed by atoms with van der Waals surface area (Å²) in [6.45, 7) is 5.87. The van der Waals surface area contributed by atoms with Crippen LogP contribution in [0.25, 0.3) is 0 Å². The Kier molecular flexibility index (Phi) is 1.69. The first kappa shape index (κ1) is 6.09. The predicted molar refractivity (Wildman–Crippen MR) is 41.2 cm³/mol. The third kappa shape index (κ3) is 1.73. The average molecular weight is 118 g/mol. The van der Waals surface area contributed by atoms with Gasteiger partial charge in [0.05, 0.1) is 0 Å². The SMILES string of the molecule is C=C1C=CC=C(C)C=C1. The second-order valence-corrected chi connectivity index (χ2v) is 2.18. The van der Waals surface area contributed by atoms with Gasteiger partial charge in [-0.3, -0.25) is 0 Å². The maximum absolute atomic E-state index is 3.80. The van der Waals surface area contributed by atoms with E-state index >= 15 is 0 Å². The van der Waals surface area contributed by atoms with Crippen LogP contribution in [0.5, 0.6) is 0 Å². The van der Waals surface area contributed by atoms with Crippen molar-refractivity contribution in [1.82, 2.24) is 0 Å². The zero-order chi connectivity index (χ0) is 6.69. The van der Waals surface area contributed by atoms with Crippen molar-refractivity contribution in [3.8, 4) is 0 Å². The van der Waals surface area contributed by atoms with Crippen LogP contribution in [-0.4, -0.2) is 0 Å². The van der Waals surface area contributed by atoms with Gasteiger partial charge in [-0.2, -0.15) is 0 Å². The molecule has 0 aromatic heterocycles. The summed E-state index contributed by atoms with van der Waals surface area (Å²) < 4.78 is 0. The molecule has 1 rings (SSSR count). The van der Waals surface area contributed by atoms with E-state index in [1.54, 1.807) is 0 Å². The van der Waals surface area contributed by atoms with Gasteiger partial charge >= 0.3 is 0 Å². The largest absolute Gasteiger partial charge is 0.0918 e. The zero-order valence-electron chi connectivity index (χ0n) is 5.59. The molecule has 0 atom stereocenters. The van der Waals surface area contributed by atoms with Crippen molar-refractivity contribution in [1.29, 1.82) is 0 Å². The molecule has 0 aliphatic heterocycles. The minimum atomic E-state index is 1.06. The molecule has 0 nitrogen and oxygen atoms in total. The molecule has 1 aliphatic rings. The van der Waals surface area contributed by atoms with E-state index in [4.69, 9.17) is 0 Å². The van der Waals surface area contributed by atoms with E-state index in [1.165, 1.54) is 5.57 Å². The van der Waals surface area contributed by atoms with Crippen molar-refractivity contribution in [2.24, 2.45) is 0 Å². The Morgan fingerprint density at radius 1 is 1.22 bits per heavy atom. The van der Waals surface area contributed by atoms with Gasteiger partial charge in [0.2, 0.25) is 0 Å². The molecular weight excluding hydrogens is 108 g/mol. The zero-order valence-corrected chi connectivity index (χ0v) is 5.59. The molecule has 1 aliphatic carbocycles. The molecule has 46 valence electrons. The summed E-state index contributed by atoms with van der Waals surface area (Å²) in [7, 11) is 0. The molecule has 0 aromatic carbocycles. The maximum atomic E-state index is 3.80. The Morgan fingerprint density at radius 3 is 2.78 bits per heavy atom. The summed E-state index contributed by atoms with van der Waals surface area (Å²) in [5, 5.41) is 0. The van der Waals surface area contributed by atoms with Crippen molar-refractivity contribution in [3.05, 3.63) is 48.1 Å². The van der Waals surface area contributed by atoms with Crippen molar-refractivity contribution < 1.29 is 0 Å². The highest BCUT2D eigenvalue weighted by atomic mass is 13.9. The predicted octanol–water partition coefficient (Wildman–Crippen LogP) is 2.61. The van der Waals surface area contributed by atoms with Crippen molar-refractivity contribution in [2.75, 3.05) is 0 Å². The van der Waals surface area contributed by atoms with Gasteiger partial charge in [-0.15, -0.1) is 0 Å². The van der Waals surface area contributed by atoms with Crippen molar-refractivity contribution in [3.63, 3.8) is 0 Å².